The summed E-state index contributed by atoms with van der Waals surface area (Å²) in [5, 5.41) is 0. The number of hydrogen-bond acceptors (Lipinski definition) is 12. The van der Waals surface area contributed by atoms with Crippen LogP contribution in [0.5, 0.6) is 5.75 Å². The predicted molar refractivity (Wildman–Crippen MR) is 188 cm³/mol. The molecule has 0 aliphatic heterocycles. The number of aldehydes is 1. The normalized spacial score (nSPS) is 11.4. The standard InChI is InChI=1S/C37H66O12/c1-2-3-4-5-6-7-8-9-14-39-15-16-40-17-18-41-19-20-42-21-22-43-23-24-44-25-26-45-27-28-46-29-30-47-31-32-48-33-34-49-37-12-10-36(35-38)11-13-37/h10-13,35H,2-9,14-34H2,1H3. The van der Waals surface area contributed by atoms with Crippen molar-refractivity contribution in [2.75, 3.05) is 139 Å². The van der Waals surface area contributed by atoms with Crippen molar-refractivity contribution in [3.8, 4) is 5.75 Å². The summed E-state index contributed by atoms with van der Waals surface area (Å²) >= 11 is 0. The molecule has 1 aromatic rings. The lowest BCUT2D eigenvalue weighted by atomic mass is 10.1. The number of benzene rings is 1. The van der Waals surface area contributed by atoms with Gasteiger partial charge in [-0.3, -0.25) is 4.79 Å². The molecular weight excluding hydrogens is 636 g/mol. The Bertz CT molecular complexity index is 783. The molecule has 0 spiro atoms. The van der Waals surface area contributed by atoms with E-state index in [-0.39, 0.29) is 0 Å². The minimum absolute atomic E-state index is 0.434. The summed E-state index contributed by atoms with van der Waals surface area (Å²) in [6.07, 6.45) is 11.3. The fraction of sp³-hybridized carbons (Fsp3) is 0.811. The van der Waals surface area contributed by atoms with E-state index in [1.165, 1.54) is 44.9 Å². The van der Waals surface area contributed by atoms with Gasteiger partial charge in [-0.25, -0.2) is 0 Å². The molecule has 12 nitrogen and oxygen atoms in total. The lowest BCUT2D eigenvalue weighted by molar-refractivity contribution is -0.0267. The number of rotatable bonds is 41. The van der Waals surface area contributed by atoms with Crippen LogP contribution in [-0.4, -0.2) is 145 Å². The number of carbonyl (C=O) groups excluding carboxylic acids is 1. The molecule has 0 amide bonds. The van der Waals surface area contributed by atoms with Crippen molar-refractivity contribution in [1.82, 2.24) is 0 Å². The zero-order valence-electron chi connectivity index (χ0n) is 30.3. The van der Waals surface area contributed by atoms with Crippen molar-refractivity contribution in [2.45, 2.75) is 58.3 Å². The molecule has 1 rings (SSSR count). The van der Waals surface area contributed by atoms with E-state index in [4.69, 9.17) is 52.1 Å². The second-order valence-corrected chi connectivity index (χ2v) is 11.1. The first-order valence-corrected chi connectivity index (χ1v) is 18.3. The van der Waals surface area contributed by atoms with Gasteiger partial charge in [0.25, 0.3) is 0 Å². The molecule has 0 bridgehead atoms. The second kappa shape index (κ2) is 39.1. The molecule has 0 saturated heterocycles. The van der Waals surface area contributed by atoms with Gasteiger partial charge in [0.1, 0.15) is 18.6 Å². The van der Waals surface area contributed by atoms with Crippen LogP contribution in [0.4, 0.5) is 0 Å². The van der Waals surface area contributed by atoms with Gasteiger partial charge in [-0.2, -0.15) is 0 Å². The lowest BCUT2D eigenvalue weighted by Crippen LogP contribution is -2.15. The zero-order chi connectivity index (χ0) is 35.0. The van der Waals surface area contributed by atoms with Gasteiger partial charge in [-0.15, -0.1) is 0 Å². The molecule has 0 unspecified atom stereocenters. The maximum Gasteiger partial charge on any atom is 0.150 e. The number of unbranched alkanes of at least 4 members (excludes halogenated alkanes) is 7. The largest absolute Gasteiger partial charge is 0.491 e. The third kappa shape index (κ3) is 34.5. The van der Waals surface area contributed by atoms with Crippen LogP contribution < -0.4 is 4.74 Å². The molecule has 286 valence electrons. The van der Waals surface area contributed by atoms with Crippen molar-refractivity contribution in [3.63, 3.8) is 0 Å². The number of ether oxygens (including phenoxy) is 11. The summed E-state index contributed by atoms with van der Waals surface area (Å²) < 4.78 is 60.6. The molecule has 0 fully saturated rings. The highest BCUT2D eigenvalue weighted by Gasteiger charge is 1.98. The molecule has 0 atom stereocenters. The first kappa shape index (κ1) is 45.3. The van der Waals surface area contributed by atoms with E-state index in [1.54, 1.807) is 24.3 Å². The van der Waals surface area contributed by atoms with Crippen LogP contribution in [-0.2, 0) is 47.4 Å². The van der Waals surface area contributed by atoms with E-state index in [0.29, 0.717) is 143 Å². The van der Waals surface area contributed by atoms with Crippen LogP contribution in [0.1, 0.15) is 68.6 Å². The maximum atomic E-state index is 10.6. The van der Waals surface area contributed by atoms with Crippen LogP contribution in [0.3, 0.4) is 0 Å². The molecule has 0 aliphatic carbocycles. The van der Waals surface area contributed by atoms with Crippen molar-refractivity contribution in [2.24, 2.45) is 0 Å². The van der Waals surface area contributed by atoms with Gasteiger partial charge >= 0.3 is 0 Å². The van der Waals surface area contributed by atoms with E-state index >= 15 is 0 Å². The Morgan fingerprint density at radius 3 is 0.980 bits per heavy atom. The quantitative estimate of drug-likeness (QED) is 0.0661. The lowest BCUT2D eigenvalue weighted by Gasteiger charge is -2.09. The summed E-state index contributed by atoms with van der Waals surface area (Å²) in [5.41, 5.74) is 0.620. The zero-order valence-corrected chi connectivity index (χ0v) is 30.3. The first-order valence-electron chi connectivity index (χ1n) is 18.3. The molecule has 0 aliphatic rings. The van der Waals surface area contributed by atoms with Crippen LogP contribution >= 0.6 is 0 Å². The minimum atomic E-state index is 0.434. The van der Waals surface area contributed by atoms with E-state index in [0.717, 1.165) is 19.3 Å². The van der Waals surface area contributed by atoms with Gasteiger partial charge in [-0.05, 0) is 30.7 Å². The van der Waals surface area contributed by atoms with Gasteiger partial charge in [0.15, 0.2) is 0 Å². The summed E-state index contributed by atoms with van der Waals surface area (Å²) in [7, 11) is 0. The Kier molecular flexibility index (Phi) is 36.1. The Labute approximate surface area is 295 Å². The van der Waals surface area contributed by atoms with Gasteiger partial charge in [-0.1, -0.05) is 51.9 Å². The molecule has 0 saturated carbocycles. The van der Waals surface area contributed by atoms with Gasteiger partial charge in [0.05, 0.1) is 126 Å². The Morgan fingerprint density at radius 1 is 0.367 bits per heavy atom. The van der Waals surface area contributed by atoms with Gasteiger partial charge < -0.3 is 52.1 Å². The summed E-state index contributed by atoms with van der Waals surface area (Å²) in [6, 6.07) is 6.95. The van der Waals surface area contributed by atoms with Crippen molar-refractivity contribution < 1.29 is 56.9 Å². The first-order chi connectivity index (χ1) is 24.4. The third-order valence-electron chi connectivity index (χ3n) is 7.00. The van der Waals surface area contributed by atoms with Gasteiger partial charge in [0.2, 0.25) is 0 Å². The number of hydrogen-bond donors (Lipinski definition) is 0. The van der Waals surface area contributed by atoms with Crippen LogP contribution in [0.2, 0.25) is 0 Å². The second-order valence-electron chi connectivity index (χ2n) is 11.1. The molecule has 0 N–H and O–H groups in total. The van der Waals surface area contributed by atoms with Crippen molar-refractivity contribution in [1.29, 1.82) is 0 Å². The summed E-state index contributed by atoms with van der Waals surface area (Å²) in [4.78, 5) is 10.6. The maximum absolute atomic E-state index is 10.6. The predicted octanol–water partition coefficient (Wildman–Crippen LogP) is 5.18. The molecule has 49 heavy (non-hydrogen) atoms. The van der Waals surface area contributed by atoms with Crippen LogP contribution in [0.15, 0.2) is 24.3 Å². The van der Waals surface area contributed by atoms with E-state index in [9.17, 15) is 4.79 Å². The summed E-state index contributed by atoms with van der Waals surface area (Å²) in [6.45, 7) is 13.5. The van der Waals surface area contributed by atoms with Crippen LogP contribution in [0, 0.1) is 0 Å². The van der Waals surface area contributed by atoms with Crippen molar-refractivity contribution in [3.05, 3.63) is 29.8 Å². The molecule has 1 aromatic carbocycles. The topological polar surface area (TPSA) is 119 Å². The molecule has 0 radical (unpaired) electrons. The molecule has 12 heteroatoms. The fourth-order valence-corrected chi connectivity index (χ4v) is 4.28. The Balaban J connectivity index is 1.62. The number of carbonyl (C=O) groups is 1. The monoisotopic (exact) mass is 702 g/mol. The smallest absolute Gasteiger partial charge is 0.150 e. The molecular formula is C37H66O12. The van der Waals surface area contributed by atoms with Crippen LogP contribution in [0.25, 0.3) is 0 Å². The van der Waals surface area contributed by atoms with Crippen molar-refractivity contribution >= 4 is 6.29 Å². The summed E-state index contributed by atoms with van der Waals surface area (Å²) in [5.74, 6) is 0.707. The average Bonchev–Trinajstić information content (AvgIpc) is 3.13. The Hall–Kier alpha value is -1.71. The molecule has 0 aromatic heterocycles. The SMILES string of the molecule is CCCCCCCCCCOCCOCCOCCOCCOCCOCCOCCOCCOCCOCCOc1ccc(C=O)cc1. The fourth-order valence-electron chi connectivity index (χ4n) is 4.28. The van der Waals surface area contributed by atoms with E-state index in [2.05, 4.69) is 6.92 Å². The Morgan fingerprint density at radius 2 is 0.653 bits per heavy atom. The highest BCUT2D eigenvalue weighted by Crippen LogP contribution is 2.11. The molecule has 0 heterocycles. The van der Waals surface area contributed by atoms with Gasteiger partial charge in [0, 0.05) is 12.2 Å². The highest BCUT2D eigenvalue weighted by molar-refractivity contribution is 5.74. The average molecular weight is 703 g/mol. The van der Waals surface area contributed by atoms with E-state index in [1.807, 2.05) is 0 Å². The van der Waals surface area contributed by atoms with E-state index < -0.39 is 0 Å². The third-order valence-corrected chi connectivity index (χ3v) is 7.00. The minimum Gasteiger partial charge on any atom is -0.491 e. The highest BCUT2D eigenvalue weighted by atomic mass is 16.6.